The highest BCUT2D eigenvalue weighted by Gasteiger charge is 1.88. The van der Waals surface area contributed by atoms with Crippen LogP contribution in [0.2, 0.25) is 5.02 Å². The molecule has 0 unspecified atom stereocenters. The first kappa shape index (κ1) is 10.2. The van der Waals surface area contributed by atoms with Gasteiger partial charge in [-0.1, -0.05) is 18.5 Å². The number of halogens is 2. The van der Waals surface area contributed by atoms with E-state index >= 15 is 0 Å². The summed E-state index contributed by atoms with van der Waals surface area (Å²) in [4.78, 5) is 3.92. The molecule has 0 amide bonds. The fourth-order valence-electron chi connectivity index (χ4n) is 0.649. The fraction of sp³-hybridized carbons (Fsp3) is 0.286. The van der Waals surface area contributed by atoms with Crippen LogP contribution in [-0.2, 0) is 6.42 Å². The molecule has 1 rings (SSSR count). The van der Waals surface area contributed by atoms with Crippen molar-refractivity contribution in [1.82, 2.24) is 4.98 Å². The smallest absolute Gasteiger partial charge is 0.0592 e. The van der Waals surface area contributed by atoms with Crippen LogP contribution in [0.4, 0.5) is 0 Å². The van der Waals surface area contributed by atoms with E-state index in [0.29, 0.717) is 5.02 Å². The van der Waals surface area contributed by atoms with Crippen molar-refractivity contribution in [3.05, 3.63) is 29.0 Å². The lowest BCUT2D eigenvalue weighted by Crippen LogP contribution is -1.80. The van der Waals surface area contributed by atoms with Gasteiger partial charge in [0, 0.05) is 12.4 Å². The van der Waals surface area contributed by atoms with Gasteiger partial charge < -0.3 is 0 Å². The molecule has 3 heteroatoms. The molecule has 1 heterocycles. The van der Waals surface area contributed by atoms with Gasteiger partial charge >= 0.3 is 0 Å². The van der Waals surface area contributed by atoms with Crippen molar-refractivity contribution in [3.8, 4) is 0 Å². The van der Waals surface area contributed by atoms with E-state index in [9.17, 15) is 0 Å². The molecule has 0 spiro atoms. The Bertz CT molecular complexity index is 203. The highest BCUT2D eigenvalue weighted by Crippen LogP contribution is 2.07. The second-order valence-corrected chi connectivity index (χ2v) is 2.30. The van der Waals surface area contributed by atoms with Crippen LogP contribution in [0.15, 0.2) is 18.5 Å². The summed E-state index contributed by atoms with van der Waals surface area (Å²) in [6.07, 6.45) is 4.46. The zero-order chi connectivity index (χ0) is 6.69. The van der Waals surface area contributed by atoms with E-state index in [2.05, 4.69) is 11.9 Å². The van der Waals surface area contributed by atoms with Crippen LogP contribution in [0.1, 0.15) is 12.5 Å². The van der Waals surface area contributed by atoms with Crippen molar-refractivity contribution in [3.63, 3.8) is 0 Å². The van der Waals surface area contributed by atoms with E-state index in [4.69, 9.17) is 11.6 Å². The number of aryl methyl sites for hydroxylation is 1. The van der Waals surface area contributed by atoms with Crippen LogP contribution in [0.25, 0.3) is 0 Å². The Morgan fingerprint density at radius 2 is 2.20 bits per heavy atom. The zero-order valence-electron chi connectivity index (χ0n) is 5.67. The van der Waals surface area contributed by atoms with Crippen LogP contribution in [0, 0.1) is 0 Å². The van der Waals surface area contributed by atoms with Crippen molar-refractivity contribution in [2.24, 2.45) is 0 Å². The number of hydrogen-bond acceptors (Lipinski definition) is 1. The maximum Gasteiger partial charge on any atom is 0.0592 e. The molecular formula is C7H9ClIN. The van der Waals surface area contributed by atoms with Gasteiger partial charge in [0.1, 0.15) is 0 Å². The number of hydrogen-bond donors (Lipinski definition) is 0. The second kappa shape index (κ2) is 4.91. The Balaban J connectivity index is 0.000000810. The molecule has 56 valence electrons. The summed E-state index contributed by atoms with van der Waals surface area (Å²) in [7, 11) is 0. The van der Waals surface area contributed by atoms with Crippen molar-refractivity contribution in [1.29, 1.82) is 0 Å². The monoisotopic (exact) mass is 269 g/mol. The summed E-state index contributed by atoms with van der Waals surface area (Å²) in [5.41, 5.74) is 1.18. The van der Waals surface area contributed by atoms with E-state index < -0.39 is 0 Å². The molecule has 0 aromatic carbocycles. The molecule has 0 N–H and O–H groups in total. The average Bonchev–Trinajstić information content (AvgIpc) is 1.88. The minimum absolute atomic E-state index is 0. The number of aromatic nitrogens is 1. The third-order valence-corrected chi connectivity index (χ3v) is 1.38. The van der Waals surface area contributed by atoms with Crippen LogP contribution in [0.5, 0.6) is 0 Å². The Labute approximate surface area is 82.8 Å². The summed E-state index contributed by atoms with van der Waals surface area (Å²) >= 11 is 5.66. The molecule has 0 aliphatic carbocycles. The normalized spacial score (nSPS) is 8.60. The Morgan fingerprint density at radius 1 is 1.50 bits per heavy atom. The third kappa shape index (κ3) is 2.84. The van der Waals surface area contributed by atoms with Gasteiger partial charge in [0.2, 0.25) is 0 Å². The molecular weight excluding hydrogens is 260 g/mol. The lowest BCUT2D eigenvalue weighted by Gasteiger charge is -1.92. The fourth-order valence-corrected chi connectivity index (χ4v) is 0.846. The molecule has 0 aliphatic rings. The summed E-state index contributed by atoms with van der Waals surface area (Å²) in [6.45, 7) is 2.08. The largest absolute Gasteiger partial charge is 0.263 e. The van der Waals surface area contributed by atoms with E-state index in [1.807, 2.05) is 12.3 Å². The van der Waals surface area contributed by atoms with Crippen LogP contribution < -0.4 is 0 Å². The SMILES string of the molecule is CCc1cncc(Cl)c1.I. The lowest BCUT2D eigenvalue weighted by atomic mass is 10.2. The topological polar surface area (TPSA) is 12.9 Å². The van der Waals surface area contributed by atoms with E-state index in [-0.39, 0.29) is 24.0 Å². The molecule has 0 fully saturated rings. The number of pyridine rings is 1. The van der Waals surface area contributed by atoms with Gasteiger partial charge in [-0.2, -0.15) is 0 Å². The Hall–Kier alpha value is 0.170. The van der Waals surface area contributed by atoms with Crippen LogP contribution in [-0.4, -0.2) is 4.98 Å². The molecule has 0 saturated heterocycles. The Kier molecular flexibility index (Phi) is 4.99. The van der Waals surface area contributed by atoms with E-state index in [1.54, 1.807) is 6.20 Å². The molecule has 0 aliphatic heterocycles. The maximum absolute atomic E-state index is 5.66. The van der Waals surface area contributed by atoms with Crippen molar-refractivity contribution < 1.29 is 0 Å². The van der Waals surface area contributed by atoms with Gasteiger partial charge in [0.15, 0.2) is 0 Å². The van der Waals surface area contributed by atoms with Gasteiger partial charge in [0.05, 0.1) is 5.02 Å². The van der Waals surface area contributed by atoms with E-state index in [1.165, 1.54) is 5.56 Å². The minimum Gasteiger partial charge on any atom is -0.263 e. The molecule has 0 saturated carbocycles. The van der Waals surface area contributed by atoms with Crippen molar-refractivity contribution in [2.45, 2.75) is 13.3 Å². The van der Waals surface area contributed by atoms with Crippen molar-refractivity contribution in [2.75, 3.05) is 0 Å². The maximum atomic E-state index is 5.66. The van der Waals surface area contributed by atoms with Crippen LogP contribution in [0.3, 0.4) is 0 Å². The average molecular weight is 270 g/mol. The highest BCUT2D eigenvalue weighted by molar-refractivity contribution is 14.0. The number of nitrogens with zero attached hydrogens (tertiary/aromatic N) is 1. The number of rotatable bonds is 1. The molecule has 0 bridgehead atoms. The van der Waals surface area contributed by atoms with Crippen LogP contribution >= 0.6 is 35.6 Å². The molecule has 1 aromatic heterocycles. The standard InChI is InChI=1S/C7H8ClN.HI/c1-2-6-3-7(8)5-9-4-6;/h3-5H,2H2,1H3;1H. The molecule has 1 aromatic rings. The van der Waals surface area contributed by atoms with Gasteiger partial charge in [-0.15, -0.1) is 24.0 Å². The van der Waals surface area contributed by atoms with Crippen molar-refractivity contribution >= 4 is 35.6 Å². The lowest BCUT2D eigenvalue weighted by molar-refractivity contribution is 1.10. The van der Waals surface area contributed by atoms with E-state index in [0.717, 1.165) is 6.42 Å². The second-order valence-electron chi connectivity index (χ2n) is 1.86. The molecule has 10 heavy (non-hydrogen) atoms. The highest BCUT2D eigenvalue weighted by atomic mass is 127. The predicted octanol–water partition coefficient (Wildman–Crippen LogP) is 2.92. The predicted molar refractivity (Wildman–Crippen MR) is 54.0 cm³/mol. The zero-order valence-corrected chi connectivity index (χ0v) is 8.76. The van der Waals surface area contributed by atoms with Gasteiger partial charge in [-0.25, -0.2) is 0 Å². The first-order valence-electron chi connectivity index (χ1n) is 2.92. The third-order valence-electron chi connectivity index (χ3n) is 1.17. The quantitative estimate of drug-likeness (QED) is 0.714. The minimum atomic E-state index is 0. The van der Waals surface area contributed by atoms with Gasteiger partial charge in [-0.05, 0) is 18.1 Å². The summed E-state index contributed by atoms with van der Waals surface area (Å²) in [6, 6.07) is 1.93. The summed E-state index contributed by atoms with van der Waals surface area (Å²) in [5.74, 6) is 0. The molecule has 0 atom stereocenters. The summed E-state index contributed by atoms with van der Waals surface area (Å²) < 4.78 is 0. The van der Waals surface area contributed by atoms with Gasteiger partial charge in [0.25, 0.3) is 0 Å². The first-order chi connectivity index (χ1) is 4.33. The summed E-state index contributed by atoms with van der Waals surface area (Å²) in [5, 5.41) is 0.717. The first-order valence-corrected chi connectivity index (χ1v) is 3.30. The molecule has 0 radical (unpaired) electrons. The van der Waals surface area contributed by atoms with Gasteiger partial charge in [-0.3, -0.25) is 4.98 Å². The Morgan fingerprint density at radius 3 is 2.60 bits per heavy atom. The molecule has 1 nitrogen and oxygen atoms in total.